The van der Waals surface area contributed by atoms with E-state index in [-0.39, 0.29) is 0 Å². The summed E-state index contributed by atoms with van der Waals surface area (Å²) in [7, 11) is 0. The second kappa shape index (κ2) is 13.4. The van der Waals surface area contributed by atoms with Crippen LogP contribution in [0.3, 0.4) is 0 Å². The van der Waals surface area contributed by atoms with E-state index < -0.39 is 0 Å². The Hall–Kier alpha value is -1.80. The molecule has 2 heteroatoms. The molecule has 0 fully saturated rings. The van der Waals surface area contributed by atoms with Gasteiger partial charge >= 0.3 is 0 Å². The quantitative estimate of drug-likeness (QED) is 0.472. The number of hydrogen-bond donors (Lipinski definition) is 1. The van der Waals surface area contributed by atoms with Gasteiger partial charge in [0.1, 0.15) is 0 Å². The van der Waals surface area contributed by atoms with Crippen LogP contribution in [0, 0.1) is 11.8 Å². The van der Waals surface area contributed by atoms with Crippen molar-refractivity contribution in [2.24, 2.45) is 11.8 Å². The second-order valence-corrected chi connectivity index (χ2v) is 9.37. The Morgan fingerprint density at radius 1 is 0.621 bits per heavy atom. The Morgan fingerprint density at radius 2 is 1.03 bits per heavy atom. The minimum Gasteiger partial charge on any atom is -0.383 e. The van der Waals surface area contributed by atoms with Crippen LogP contribution in [0.2, 0.25) is 0 Å². The molecular formula is C27H43NO. The maximum absolute atomic E-state index is 5.55. The highest BCUT2D eigenvalue weighted by atomic mass is 16.5. The van der Waals surface area contributed by atoms with Crippen molar-refractivity contribution in [2.45, 2.75) is 87.0 Å². The van der Waals surface area contributed by atoms with Gasteiger partial charge in [0, 0.05) is 11.7 Å². The summed E-state index contributed by atoms with van der Waals surface area (Å²) < 4.78 is 5.55. The van der Waals surface area contributed by atoms with Crippen LogP contribution in [-0.4, -0.2) is 12.1 Å². The Labute approximate surface area is 180 Å². The minimum atomic E-state index is 0.306. The van der Waals surface area contributed by atoms with Crippen LogP contribution in [0.15, 0.2) is 48.5 Å². The Kier molecular flexibility index (Phi) is 11.7. The predicted octanol–water partition coefficient (Wildman–Crippen LogP) is 7.52. The van der Waals surface area contributed by atoms with Gasteiger partial charge in [-0.15, -0.1) is 0 Å². The van der Waals surface area contributed by atoms with Gasteiger partial charge in [0.25, 0.3) is 0 Å². The lowest BCUT2D eigenvalue weighted by Crippen LogP contribution is -2.09. The number of ether oxygens (including phenoxy) is 1. The third-order valence-corrected chi connectivity index (χ3v) is 4.30. The van der Waals surface area contributed by atoms with Gasteiger partial charge in [-0.1, -0.05) is 64.1 Å². The van der Waals surface area contributed by atoms with Gasteiger partial charge in [-0.05, 0) is 81.2 Å². The molecule has 0 unspecified atom stereocenters. The topological polar surface area (TPSA) is 21.3 Å². The molecule has 0 saturated carbocycles. The molecule has 2 aromatic rings. The highest BCUT2D eigenvalue weighted by Gasteiger charge is 2.00. The van der Waals surface area contributed by atoms with Crippen molar-refractivity contribution in [1.29, 1.82) is 0 Å². The molecule has 0 amide bonds. The lowest BCUT2D eigenvalue weighted by atomic mass is 10.0. The first-order chi connectivity index (χ1) is 13.7. The van der Waals surface area contributed by atoms with Crippen LogP contribution in [0.1, 0.15) is 72.1 Å². The zero-order valence-corrected chi connectivity index (χ0v) is 20.0. The average Bonchev–Trinajstić information content (AvgIpc) is 2.62. The molecule has 29 heavy (non-hydrogen) atoms. The summed E-state index contributed by atoms with van der Waals surface area (Å²) in [6.45, 7) is 18.1. The zero-order chi connectivity index (χ0) is 21.8. The largest absolute Gasteiger partial charge is 0.383 e. The van der Waals surface area contributed by atoms with E-state index in [1.54, 1.807) is 0 Å². The van der Waals surface area contributed by atoms with E-state index in [1.165, 1.54) is 28.8 Å². The van der Waals surface area contributed by atoms with Gasteiger partial charge in [-0.25, -0.2) is 0 Å². The van der Waals surface area contributed by atoms with E-state index in [4.69, 9.17) is 4.74 Å². The van der Waals surface area contributed by atoms with Crippen molar-refractivity contribution in [3.63, 3.8) is 0 Å². The summed E-state index contributed by atoms with van der Waals surface area (Å²) in [5.41, 5.74) is 5.32. The fourth-order valence-electron chi connectivity index (χ4n) is 3.05. The van der Waals surface area contributed by atoms with Gasteiger partial charge in [0.2, 0.25) is 0 Å². The first-order valence-corrected chi connectivity index (χ1v) is 11.2. The molecule has 2 aromatic carbocycles. The van der Waals surface area contributed by atoms with Crippen molar-refractivity contribution in [3.05, 3.63) is 65.2 Å². The maximum Gasteiger partial charge on any atom is 0.0720 e. The first kappa shape index (κ1) is 25.2. The molecule has 0 aliphatic carbocycles. The molecule has 0 atom stereocenters. The van der Waals surface area contributed by atoms with Crippen LogP contribution in [0.25, 0.3) is 0 Å². The zero-order valence-electron chi connectivity index (χ0n) is 20.0. The summed E-state index contributed by atoms with van der Waals surface area (Å²) >= 11 is 0. The van der Waals surface area contributed by atoms with Crippen LogP contribution in [0.4, 0.5) is 5.69 Å². The number of anilines is 1. The van der Waals surface area contributed by atoms with Crippen LogP contribution >= 0.6 is 0 Å². The SMILES string of the molecule is CC(C)Cc1ccc(COC(C)C)cc1.CC(C)Cc1ccc(NC(C)C)cc1. The molecule has 1 N–H and O–H groups in total. The predicted molar refractivity (Wildman–Crippen MR) is 129 cm³/mol. The standard InChI is InChI=1S/C14H22O.C13H21N/c1-11(2)9-13-5-7-14(8-6-13)10-15-12(3)4;1-10(2)9-12-5-7-13(8-6-12)14-11(3)4/h5-8,11-12H,9-10H2,1-4H3;5-8,10-11,14H,9H2,1-4H3. The van der Waals surface area contributed by atoms with E-state index in [2.05, 4.69) is 109 Å². The van der Waals surface area contributed by atoms with E-state index in [9.17, 15) is 0 Å². The summed E-state index contributed by atoms with van der Waals surface area (Å²) in [6.07, 6.45) is 2.63. The van der Waals surface area contributed by atoms with E-state index in [0.717, 1.165) is 24.9 Å². The van der Waals surface area contributed by atoms with Crippen LogP contribution in [0.5, 0.6) is 0 Å². The molecule has 0 radical (unpaired) electrons. The normalized spacial score (nSPS) is 11.2. The van der Waals surface area contributed by atoms with Gasteiger partial charge in [-0.3, -0.25) is 0 Å². The Bertz CT molecular complexity index is 625. The van der Waals surface area contributed by atoms with Crippen molar-refractivity contribution in [3.8, 4) is 0 Å². The van der Waals surface area contributed by atoms with E-state index in [1.807, 2.05) is 0 Å². The molecule has 0 aliphatic rings. The van der Waals surface area contributed by atoms with Gasteiger partial charge in [0.15, 0.2) is 0 Å². The lowest BCUT2D eigenvalue weighted by Gasteiger charge is -2.11. The third kappa shape index (κ3) is 12.4. The number of hydrogen-bond acceptors (Lipinski definition) is 2. The van der Waals surface area contributed by atoms with Crippen molar-refractivity contribution >= 4 is 5.69 Å². The van der Waals surface area contributed by atoms with Crippen molar-refractivity contribution < 1.29 is 4.74 Å². The fourth-order valence-corrected chi connectivity index (χ4v) is 3.05. The molecule has 0 aromatic heterocycles. The molecular weight excluding hydrogens is 354 g/mol. The maximum atomic E-state index is 5.55. The average molecular weight is 398 g/mol. The van der Waals surface area contributed by atoms with Gasteiger partial charge < -0.3 is 10.1 Å². The van der Waals surface area contributed by atoms with E-state index in [0.29, 0.717) is 12.1 Å². The monoisotopic (exact) mass is 397 g/mol. The molecule has 2 nitrogen and oxygen atoms in total. The summed E-state index contributed by atoms with van der Waals surface area (Å²) in [4.78, 5) is 0. The number of rotatable bonds is 9. The van der Waals surface area contributed by atoms with Crippen LogP contribution in [-0.2, 0) is 24.2 Å². The minimum absolute atomic E-state index is 0.306. The summed E-state index contributed by atoms with van der Waals surface area (Å²) in [5.74, 6) is 1.46. The summed E-state index contributed by atoms with van der Waals surface area (Å²) in [5, 5.41) is 3.39. The lowest BCUT2D eigenvalue weighted by molar-refractivity contribution is 0.0657. The number of nitrogens with one attached hydrogen (secondary N) is 1. The molecule has 0 aliphatic heterocycles. The molecule has 2 rings (SSSR count). The molecule has 0 spiro atoms. The smallest absolute Gasteiger partial charge is 0.0720 e. The van der Waals surface area contributed by atoms with E-state index >= 15 is 0 Å². The fraction of sp³-hybridized carbons (Fsp3) is 0.556. The Balaban J connectivity index is 0.000000291. The van der Waals surface area contributed by atoms with Crippen molar-refractivity contribution in [2.75, 3.05) is 5.32 Å². The van der Waals surface area contributed by atoms with Crippen molar-refractivity contribution in [1.82, 2.24) is 0 Å². The van der Waals surface area contributed by atoms with Gasteiger partial charge in [-0.2, -0.15) is 0 Å². The molecule has 0 saturated heterocycles. The highest BCUT2D eigenvalue weighted by molar-refractivity contribution is 5.45. The Morgan fingerprint density at radius 3 is 1.41 bits per heavy atom. The third-order valence-electron chi connectivity index (χ3n) is 4.30. The van der Waals surface area contributed by atoms with Gasteiger partial charge in [0.05, 0.1) is 12.7 Å². The summed E-state index contributed by atoms with van der Waals surface area (Å²) in [6, 6.07) is 18.0. The first-order valence-electron chi connectivity index (χ1n) is 11.2. The highest BCUT2D eigenvalue weighted by Crippen LogP contribution is 2.14. The molecule has 0 bridgehead atoms. The van der Waals surface area contributed by atoms with Crippen LogP contribution < -0.4 is 5.32 Å². The molecule has 162 valence electrons. The molecule has 0 heterocycles. The number of benzene rings is 2. The second-order valence-electron chi connectivity index (χ2n) is 9.37.